The van der Waals surface area contributed by atoms with E-state index in [4.69, 9.17) is 0 Å². The fourth-order valence-electron chi connectivity index (χ4n) is 1.47. The number of carbonyl (C=O) groups excluding carboxylic acids is 1. The molecular weight excluding hydrogens is 233 g/mol. The Morgan fingerprint density at radius 3 is 2.20 bits per heavy atom. The zero-order valence-electron chi connectivity index (χ0n) is 7.91. The maximum atomic E-state index is 11.1. The topological polar surface area (TPSA) is 44.7 Å². The van der Waals surface area contributed by atoms with E-state index in [-0.39, 0.29) is 30.7 Å². The molecule has 0 bridgehead atoms. The predicted molar refractivity (Wildman–Crippen MR) is 51.2 cm³/mol. The zero-order valence-corrected chi connectivity index (χ0v) is 9.42. The number of hydrogen-bond donors (Lipinski definition) is 1. The van der Waals surface area contributed by atoms with Crippen LogP contribution < -0.4 is 30.5 Å². The van der Waals surface area contributed by atoms with Crippen LogP contribution in [-0.2, 0) is 0 Å². The second-order valence-electron chi connectivity index (χ2n) is 2.95. The largest absolute Gasteiger partial charge is 1.00 e. The molecule has 0 saturated heterocycles. The van der Waals surface area contributed by atoms with Crippen molar-refractivity contribution in [2.75, 3.05) is 0 Å². The van der Waals surface area contributed by atoms with E-state index in [1.54, 1.807) is 6.07 Å². The number of carbonyl (C=O) groups is 1. The Labute approximate surface area is 100 Å². The molecule has 0 atom stereocenters. The molecule has 1 amide bonds. The van der Waals surface area contributed by atoms with Crippen LogP contribution in [0.15, 0.2) is 42.5 Å². The van der Waals surface area contributed by atoms with Crippen LogP contribution in [0.25, 0.3) is 10.8 Å². The van der Waals surface area contributed by atoms with Gasteiger partial charge < -0.3 is 24.8 Å². The van der Waals surface area contributed by atoms with Crippen molar-refractivity contribution in [2.24, 2.45) is 0 Å². The Morgan fingerprint density at radius 1 is 0.933 bits per heavy atom. The van der Waals surface area contributed by atoms with Gasteiger partial charge >= 0.3 is 5.91 Å². The first-order valence-corrected chi connectivity index (χ1v) is 4.13. The van der Waals surface area contributed by atoms with Gasteiger partial charge in [-0.1, -0.05) is 36.4 Å². The van der Waals surface area contributed by atoms with E-state index < -0.39 is 0 Å². The first-order valence-electron chi connectivity index (χ1n) is 4.13. The lowest BCUT2D eigenvalue weighted by Crippen LogP contribution is -3.00. The van der Waals surface area contributed by atoms with Gasteiger partial charge in [0.1, 0.15) is 0 Å². The van der Waals surface area contributed by atoms with E-state index in [0.29, 0.717) is 5.56 Å². The van der Waals surface area contributed by atoms with Crippen molar-refractivity contribution in [2.45, 2.75) is 0 Å². The number of hydrogen-bond acceptors (Lipinski definition) is 1. The zero-order chi connectivity index (χ0) is 9.26. The quantitative estimate of drug-likeness (QED) is 0.537. The van der Waals surface area contributed by atoms with Gasteiger partial charge in [0.05, 0.1) is 5.56 Å². The lowest BCUT2D eigenvalue weighted by Gasteiger charge is -1.99. The normalized spacial score (nSPS) is 8.87. The third kappa shape index (κ3) is 2.69. The van der Waals surface area contributed by atoms with E-state index in [0.717, 1.165) is 10.8 Å². The maximum absolute atomic E-state index is 11.1. The molecule has 2 rings (SSSR count). The van der Waals surface area contributed by atoms with Gasteiger partial charge in [-0.3, -0.25) is 5.73 Å². The van der Waals surface area contributed by atoms with Gasteiger partial charge in [-0.2, -0.15) is 0 Å². The summed E-state index contributed by atoms with van der Waals surface area (Å²) < 4.78 is 0. The van der Waals surface area contributed by atoms with E-state index >= 15 is 0 Å². The number of quaternary nitrogens is 1. The summed E-state index contributed by atoms with van der Waals surface area (Å²) >= 11 is 0. The van der Waals surface area contributed by atoms with E-state index in [9.17, 15) is 4.79 Å². The van der Waals surface area contributed by atoms with Crippen molar-refractivity contribution >= 4 is 16.7 Å². The molecule has 0 heterocycles. The van der Waals surface area contributed by atoms with Crippen molar-refractivity contribution in [3.05, 3.63) is 48.0 Å². The molecular formula is C11H10Cl2NO-. The number of halogens is 2. The molecule has 0 unspecified atom stereocenters. The third-order valence-electron chi connectivity index (χ3n) is 2.09. The second-order valence-corrected chi connectivity index (χ2v) is 2.95. The molecule has 0 saturated carbocycles. The fraction of sp³-hybridized carbons (Fsp3) is 0. The number of amides is 1. The van der Waals surface area contributed by atoms with Gasteiger partial charge in [0.15, 0.2) is 0 Å². The number of benzene rings is 2. The van der Waals surface area contributed by atoms with Crippen LogP contribution in [0.2, 0.25) is 0 Å². The Morgan fingerprint density at radius 2 is 1.53 bits per heavy atom. The summed E-state index contributed by atoms with van der Waals surface area (Å²) in [5.41, 5.74) is 4.11. The van der Waals surface area contributed by atoms with Gasteiger partial charge in [0.25, 0.3) is 0 Å². The average molecular weight is 243 g/mol. The van der Waals surface area contributed by atoms with E-state index in [1.807, 2.05) is 36.4 Å². The highest BCUT2D eigenvalue weighted by Crippen LogP contribution is 2.17. The molecule has 0 aliphatic carbocycles. The summed E-state index contributed by atoms with van der Waals surface area (Å²) in [6.45, 7) is 0. The van der Waals surface area contributed by atoms with Crippen molar-refractivity contribution in [3.8, 4) is 0 Å². The summed E-state index contributed by atoms with van der Waals surface area (Å²) in [7, 11) is 0. The molecule has 15 heavy (non-hydrogen) atoms. The standard InChI is InChI=1S/C11H9NO.2ClH/c12-11(13)10-7-3-5-8-4-1-2-6-9(8)10;;/h1-7H,(H2,12,13);2*1H/p-1. The van der Waals surface area contributed by atoms with Gasteiger partial charge in [-0.15, -0.1) is 0 Å². The van der Waals surface area contributed by atoms with Crippen molar-refractivity contribution in [1.29, 1.82) is 0 Å². The average Bonchev–Trinajstić information content (AvgIpc) is 2.17. The summed E-state index contributed by atoms with van der Waals surface area (Å²) in [4.78, 5) is 11.1. The number of rotatable bonds is 1. The lowest BCUT2D eigenvalue weighted by atomic mass is 10.0. The monoisotopic (exact) mass is 242 g/mol. The number of fused-ring (bicyclic) bond motifs is 1. The van der Waals surface area contributed by atoms with Crippen LogP contribution in [0.1, 0.15) is 10.4 Å². The van der Waals surface area contributed by atoms with Crippen LogP contribution in [0.5, 0.6) is 0 Å². The molecule has 0 aromatic heterocycles. The highest BCUT2D eigenvalue weighted by Gasteiger charge is 2.07. The Balaban J connectivity index is 0.000000980. The minimum atomic E-state index is -0.128. The lowest BCUT2D eigenvalue weighted by molar-refractivity contribution is -0.254. The van der Waals surface area contributed by atoms with Crippen LogP contribution >= 0.6 is 0 Å². The minimum Gasteiger partial charge on any atom is -1.00 e. The van der Waals surface area contributed by atoms with E-state index in [2.05, 4.69) is 5.73 Å². The second kappa shape index (κ2) is 5.71. The fourth-order valence-corrected chi connectivity index (χ4v) is 1.47. The molecule has 0 fully saturated rings. The minimum absolute atomic E-state index is 0. The third-order valence-corrected chi connectivity index (χ3v) is 2.09. The van der Waals surface area contributed by atoms with Crippen molar-refractivity contribution < 1.29 is 35.3 Å². The Bertz CT molecular complexity index is 466. The van der Waals surface area contributed by atoms with Crippen molar-refractivity contribution in [3.63, 3.8) is 0 Å². The summed E-state index contributed by atoms with van der Waals surface area (Å²) in [5.74, 6) is -0.128. The van der Waals surface area contributed by atoms with Gasteiger partial charge in [0.2, 0.25) is 0 Å². The maximum Gasteiger partial charge on any atom is 0.341 e. The molecule has 2 aromatic carbocycles. The molecule has 0 radical (unpaired) electrons. The SMILES string of the molecule is [Cl-].[Cl-].[NH3+]C(=O)c1cccc2ccccc12. The first-order chi connectivity index (χ1) is 6.29. The first kappa shape index (κ1) is 13.9. The molecule has 0 spiro atoms. The molecule has 0 aliphatic heterocycles. The summed E-state index contributed by atoms with van der Waals surface area (Å²) in [5, 5.41) is 2.06. The molecule has 2 aromatic rings. The molecule has 4 heteroatoms. The van der Waals surface area contributed by atoms with E-state index in [1.165, 1.54) is 0 Å². The highest BCUT2D eigenvalue weighted by molar-refractivity contribution is 6.02. The Kier molecular flexibility index (Phi) is 5.29. The van der Waals surface area contributed by atoms with Crippen molar-refractivity contribution in [1.82, 2.24) is 0 Å². The van der Waals surface area contributed by atoms with Crippen LogP contribution in [-0.4, -0.2) is 5.91 Å². The predicted octanol–water partition coefficient (Wildman–Crippen LogP) is -4.77. The van der Waals surface area contributed by atoms with Crippen LogP contribution in [0, 0.1) is 0 Å². The highest BCUT2D eigenvalue weighted by atomic mass is 35.5. The van der Waals surface area contributed by atoms with Gasteiger partial charge in [-0.05, 0) is 16.8 Å². The molecule has 3 N–H and O–H groups in total. The summed E-state index contributed by atoms with van der Waals surface area (Å²) in [6.07, 6.45) is 0. The molecule has 0 aliphatic rings. The molecule has 80 valence electrons. The Hall–Kier alpha value is -1.09. The summed E-state index contributed by atoms with van der Waals surface area (Å²) in [6, 6.07) is 13.5. The van der Waals surface area contributed by atoms with Crippen LogP contribution in [0.3, 0.4) is 0 Å². The van der Waals surface area contributed by atoms with Crippen LogP contribution in [0.4, 0.5) is 0 Å². The van der Waals surface area contributed by atoms with Gasteiger partial charge in [0, 0.05) is 0 Å². The van der Waals surface area contributed by atoms with Gasteiger partial charge in [-0.25, -0.2) is 4.79 Å². The molecule has 2 nitrogen and oxygen atoms in total. The smallest absolute Gasteiger partial charge is 0.341 e.